The van der Waals surface area contributed by atoms with Crippen molar-refractivity contribution in [1.82, 2.24) is 39.4 Å². The number of imidazole rings is 1. The summed E-state index contributed by atoms with van der Waals surface area (Å²) in [5, 5.41) is 16.1. The van der Waals surface area contributed by atoms with Crippen molar-refractivity contribution in [2.45, 2.75) is 31.7 Å². The van der Waals surface area contributed by atoms with Crippen molar-refractivity contribution in [2.24, 2.45) is 7.05 Å². The molecule has 1 aromatic carbocycles. The van der Waals surface area contributed by atoms with E-state index in [9.17, 15) is 9.59 Å². The molecule has 192 valence electrons. The largest absolute Gasteiger partial charge is 0.492 e. The van der Waals surface area contributed by atoms with Crippen LogP contribution in [0.3, 0.4) is 0 Å². The average molecular weight is 525 g/mol. The van der Waals surface area contributed by atoms with Gasteiger partial charge in [0.2, 0.25) is 0 Å². The van der Waals surface area contributed by atoms with Gasteiger partial charge in [-0.3, -0.25) is 14.3 Å². The Balaban J connectivity index is 1.28. The smallest absolute Gasteiger partial charge is 0.259 e. The molecular formula is C24H25ClN8O4. The van der Waals surface area contributed by atoms with Gasteiger partial charge in [0.15, 0.2) is 0 Å². The second-order valence-corrected chi connectivity index (χ2v) is 9.60. The standard InChI is InChI=1S/C24H25ClN8O4/c1-30-6-7-33-23(30)17(10-26-33)24(35)31-12-19-21(13-31)37-14-16-11-32(29-28-16)5-2-8-36-20-9-15(22(34)27-19)3-4-18(20)25/h3-4,6-7,9-11,19,21H,2,5,8,12-14H2,1H3,(H,27,34)/t19-,21-/m0/s1. The number of aryl methyl sites for hydroxylation is 2. The number of carbonyl (C=O) groups is 2. The number of fused-ring (bicyclic) bond motifs is 6. The van der Waals surface area contributed by atoms with Gasteiger partial charge in [-0.15, -0.1) is 5.10 Å². The van der Waals surface area contributed by atoms with Crippen LogP contribution >= 0.6 is 11.6 Å². The van der Waals surface area contributed by atoms with E-state index >= 15 is 0 Å². The van der Waals surface area contributed by atoms with Gasteiger partial charge in [0.1, 0.15) is 22.7 Å². The number of hydrogen-bond acceptors (Lipinski definition) is 7. The zero-order chi connectivity index (χ0) is 25.5. The first-order valence-electron chi connectivity index (χ1n) is 12.0. The molecule has 0 radical (unpaired) electrons. The lowest BCUT2D eigenvalue weighted by Gasteiger charge is -2.20. The molecule has 1 saturated heterocycles. The summed E-state index contributed by atoms with van der Waals surface area (Å²) >= 11 is 6.29. The lowest BCUT2D eigenvalue weighted by atomic mass is 10.1. The summed E-state index contributed by atoms with van der Waals surface area (Å²) in [5.41, 5.74) is 2.26. The maximum absolute atomic E-state index is 13.5. The number of aromatic nitrogens is 6. The number of benzene rings is 1. The van der Waals surface area contributed by atoms with Gasteiger partial charge in [0, 0.05) is 51.1 Å². The van der Waals surface area contributed by atoms with E-state index in [4.69, 9.17) is 21.1 Å². The second-order valence-electron chi connectivity index (χ2n) is 9.20. The van der Waals surface area contributed by atoms with Gasteiger partial charge in [0.05, 0.1) is 42.8 Å². The van der Waals surface area contributed by atoms with E-state index < -0.39 is 12.1 Å². The Labute approximate surface area is 216 Å². The first kappa shape index (κ1) is 23.5. The molecule has 0 unspecified atom stereocenters. The minimum atomic E-state index is -0.451. The molecule has 1 fully saturated rings. The molecule has 6 rings (SSSR count). The number of rotatable bonds is 1. The first-order valence-corrected chi connectivity index (χ1v) is 12.4. The zero-order valence-corrected chi connectivity index (χ0v) is 20.8. The summed E-state index contributed by atoms with van der Waals surface area (Å²) in [6.45, 7) is 1.80. The van der Waals surface area contributed by atoms with E-state index in [1.807, 2.05) is 24.0 Å². The molecule has 0 aliphatic carbocycles. The molecule has 12 nitrogen and oxygen atoms in total. The van der Waals surface area contributed by atoms with Gasteiger partial charge in [-0.2, -0.15) is 5.10 Å². The van der Waals surface area contributed by atoms with Crippen LogP contribution in [0.4, 0.5) is 0 Å². The highest BCUT2D eigenvalue weighted by Gasteiger charge is 2.38. The summed E-state index contributed by atoms with van der Waals surface area (Å²) in [6.07, 6.45) is 7.25. The summed E-state index contributed by atoms with van der Waals surface area (Å²) in [5.74, 6) is -0.0477. The van der Waals surface area contributed by atoms with Crippen LogP contribution in [0, 0.1) is 0 Å². The van der Waals surface area contributed by atoms with Crippen molar-refractivity contribution in [3.05, 3.63) is 64.8 Å². The number of hydrogen-bond donors (Lipinski definition) is 1. The molecule has 0 spiro atoms. The van der Waals surface area contributed by atoms with Crippen molar-refractivity contribution >= 4 is 29.1 Å². The van der Waals surface area contributed by atoms with Crippen molar-refractivity contribution in [1.29, 1.82) is 0 Å². The predicted octanol–water partition coefficient (Wildman–Crippen LogP) is 1.54. The third-order valence-electron chi connectivity index (χ3n) is 6.65. The fourth-order valence-electron chi connectivity index (χ4n) is 4.74. The van der Waals surface area contributed by atoms with Gasteiger partial charge in [-0.05, 0) is 18.2 Å². The number of carbonyl (C=O) groups excluding carboxylic acids is 2. The Morgan fingerprint density at radius 2 is 2.14 bits per heavy atom. The van der Waals surface area contributed by atoms with Gasteiger partial charge in [0.25, 0.3) is 11.8 Å². The van der Waals surface area contributed by atoms with Gasteiger partial charge in [-0.25, -0.2) is 4.52 Å². The highest BCUT2D eigenvalue weighted by Crippen LogP contribution is 2.27. The Kier molecular flexibility index (Phi) is 6.05. The van der Waals surface area contributed by atoms with E-state index in [-0.39, 0.29) is 25.0 Å². The zero-order valence-electron chi connectivity index (χ0n) is 20.1. The molecule has 4 bridgehead atoms. The summed E-state index contributed by atoms with van der Waals surface area (Å²) in [7, 11) is 1.86. The van der Waals surface area contributed by atoms with Crippen LogP contribution < -0.4 is 10.1 Å². The quantitative estimate of drug-likeness (QED) is 0.401. The number of likely N-dealkylation sites (tertiary alicyclic amines) is 1. The molecule has 1 N–H and O–H groups in total. The van der Waals surface area contributed by atoms with Crippen LogP contribution in [-0.4, -0.2) is 77.7 Å². The molecule has 3 aromatic heterocycles. The number of halogens is 1. The Morgan fingerprint density at radius 3 is 3.03 bits per heavy atom. The molecule has 5 heterocycles. The summed E-state index contributed by atoms with van der Waals surface area (Å²) < 4.78 is 17.3. The van der Waals surface area contributed by atoms with Gasteiger partial charge < -0.3 is 24.3 Å². The fourth-order valence-corrected chi connectivity index (χ4v) is 4.91. The number of nitrogens with one attached hydrogen (secondary N) is 1. The number of amides is 2. The molecule has 0 saturated carbocycles. The highest BCUT2D eigenvalue weighted by atomic mass is 35.5. The molecule has 2 aliphatic heterocycles. The minimum Gasteiger partial charge on any atom is -0.492 e. The number of nitrogens with zero attached hydrogens (tertiary/aromatic N) is 7. The van der Waals surface area contributed by atoms with Crippen LogP contribution in [0.1, 0.15) is 32.8 Å². The minimum absolute atomic E-state index is 0.179. The van der Waals surface area contributed by atoms with E-state index in [1.165, 1.54) is 0 Å². The van der Waals surface area contributed by atoms with E-state index in [1.54, 1.807) is 44.7 Å². The molecule has 2 amide bonds. The SMILES string of the molecule is Cn1ccn2ncc(C(=O)N3C[C@@H]4NC(=O)c5ccc(Cl)c(c5)OCCCn5cc(nn5)CO[C@H]4C3)c12. The van der Waals surface area contributed by atoms with Crippen LogP contribution in [-0.2, 0) is 24.9 Å². The lowest BCUT2D eigenvalue weighted by Crippen LogP contribution is -2.44. The fraction of sp³-hybridized carbons (Fsp3) is 0.375. The molecule has 2 aliphatic rings. The Bertz CT molecular complexity index is 1480. The van der Waals surface area contributed by atoms with E-state index in [0.29, 0.717) is 59.4 Å². The summed E-state index contributed by atoms with van der Waals surface area (Å²) in [6, 6.07) is 4.47. The lowest BCUT2D eigenvalue weighted by molar-refractivity contribution is 0.0291. The van der Waals surface area contributed by atoms with E-state index in [2.05, 4.69) is 20.7 Å². The predicted molar refractivity (Wildman–Crippen MR) is 131 cm³/mol. The maximum atomic E-state index is 13.5. The van der Waals surface area contributed by atoms with Gasteiger partial charge >= 0.3 is 0 Å². The molecular weight excluding hydrogens is 500 g/mol. The molecule has 37 heavy (non-hydrogen) atoms. The van der Waals surface area contributed by atoms with Crippen LogP contribution in [0.2, 0.25) is 5.02 Å². The third-order valence-corrected chi connectivity index (χ3v) is 6.96. The highest BCUT2D eigenvalue weighted by molar-refractivity contribution is 6.32. The topological polar surface area (TPSA) is 121 Å². The van der Waals surface area contributed by atoms with Crippen molar-refractivity contribution in [2.75, 3.05) is 19.7 Å². The average Bonchev–Trinajstić information content (AvgIpc) is 3.67. The summed E-state index contributed by atoms with van der Waals surface area (Å²) in [4.78, 5) is 28.4. The monoisotopic (exact) mass is 524 g/mol. The number of ether oxygens (including phenoxy) is 2. The van der Waals surface area contributed by atoms with Crippen LogP contribution in [0.15, 0.2) is 43.0 Å². The first-order chi connectivity index (χ1) is 18.0. The molecule has 2 atom stereocenters. The maximum Gasteiger partial charge on any atom is 0.259 e. The Morgan fingerprint density at radius 1 is 1.24 bits per heavy atom. The normalized spacial score (nSPS) is 20.5. The molecule has 13 heteroatoms. The van der Waals surface area contributed by atoms with Crippen LogP contribution in [0.25, 0.3) is 5.65 Å². The van der Waals surface area contributed by atoms with E-state index in [0.717, 1.165) is 0 Å². The molecule has 4 aromatic rings. The second kappa shape index (κ2) is 9.52. The third kappa shape index (κ3) is 4.53. The van der Waals surface area contributed by atoms with Crippen molar-refractivity contribution in [3.8, 4) is 5.75 Å². The van der Waals surface area contributed by atoms with Crippen molar-refractivity contribution < 1.29 is 19.1 Å². The van der Waals surface area contributed by atoms with Crippen molar-refractivity contribution in [3.63, 3.8) is 0 Å². The Hall–Kier alpha value is -3.90. The van der Waals surface area contributed by atoms with Crippen LogP contribution in [0.5, 0.6) is 5.75 Å². The van der Waals surface area contributed by atoms with Gasteiger partial charge in [-0.1, -0.05) is 16.8 Å².